The van der Waals surface area contributed by atoms with E-state index in [1.165, 1.54) is 44.9 Å². The van der Waals surface area contributed by atoms with Crippen molar-refractivity contribution in [2.24, 2.45) is 11.5 Å². The zero-order chi connectivity index (χ0) is 12.9. The molecule has 0 aliphatic rings. The van der Waals surface area contributed by atoms with Gasteiger partial charge in [-0.1, -0.05) is 58.3 Å². The number of ketones is 1. The molecule has 1 atom stereocenters. The van der Waals surface area contributed by atoms with Crippen molar-refractivity contribution in [3.05, 3.63) is 0 Å². The number of carbonyl (C=O) groups excluding carboxylic acids is 1. The second-order valence-electron chi connectivity index (χ2n) is 4.89. The Bertz CT molecular complexity index is 183. The van der Waals surface area contributed by atoms with Gasteiger partial charge in [-0.15, -0.1) is 0 Å². The number of rotatable bonds is 12. The topological polar surface area (TPSA) is 69.1 Å². The van der Waals surface area contributed by atoms with Crippen molar-refractivity contribution < 1.29 is 4.79 Å². The molecule has 0 heterocycles. The van der Waals surface area contributed by atoms with E-state index < -0.39 is 6.04 Å². The van der Waals surface area contributed by atoms with E-state index in [0.29, 0.717) is 6.42 Å². The molecule has 0 saturated heterocycles. The maximum atomic E-state index is 11.4. The van der Waals surface area contributed by atoms with E-state index in [4.69, 9.17) is 11.5 Å². The van der Waals surface area contributed by atoms with Crippen molar-refractivity contribution in [3.63, 3.8) is 0 Å². The van der Waals surface area contributed by atoms with Gasteiger partial charge < -0.3 is 11.5 Å². The molecule has 0 aromatic heterocycles. The van der Waals surface area contributed by atoms with Crippen LogP contribution in [-0.2, 0) is 4.79 Å². The van der Waals surface area contributed by atoms with Gasteiger partial charge in [0.2, 0.25) is 0 Å². The summed E-state index contributed by atoms with van der Waals surface area (Å²) in [6.07, 6.45) is 12.0. The third kappa shape index (κ3) is 10.5. The molecule has 3 heteroatoms. The molecule has 0 amide bonds. The minimum atomic E-state index is -0.441. The Hall–Kier alpha value is -0.410. The SMILES string of the molecule is CCCCCCCCCCCC(=O)C(N)CN. The molecule has 1 unspecified atom stereocenters. The zero-order valence-corrected chi connectivity index (χ0v) is 11.4. The Morgan fingerprint density at radius 3 is 1.88 bits per heavy atom. The zero-order valence-electron chi connectivity index (χ0n) is 11.4. The van der Waals surface area contributed by atoms with Gasteiger partial charge in [0.1, 0.15) is 0 Å². The fourth-order valence-corrected chi connectivity index (χ4v) is 1.93. The lowest BCUT2D eigenvalue weighted by Gasteiger charge is -2.07. The molecule has 0 aromatic rings. The van der Waals surface area contributed by atoms with Gasteiger partial charge in [-0.3, -0.25) is 4.79 Å². The number of Topliss-reactive ketones (excluding diaryl/α,β-unsaturated/α-hetero) is 1. The maximum Gasteiger partial charge on any atom is 0.150 e. The van der Waals surface area contributed by atoms with Gasteiger partial charge >= 0.3 is 0 Å². The molecule has 3 nitrogen and oxygen atoms in total. The molecule has 0 bridgehead atoms. The first-order valence-electron chi connectivity index (χ1n) is 7.20. The monoisotopic (exact) mass is 242 g/mol. The van der Waals surface area contributed by atoms with Crippen LogP contribution in [-0.4, -0.2) is 18.4 Å². The van der Waals surface area contributed by atoms with Gasteiger partial charge in [0, 0.05) is 13.0 Å². The lowest BCUT2D eigenvalue weighted by molar-refractivity contribution is -0.120. The van der Waals surface area contributed by atoms with Gasteiger partial charge in [0.15, 0.2) is 5.78 Å². The average Bonchev–Trinajstić information content (AvgIpc) is 2.35. The Labute approximate surface area is 106 Å². The lowest BCUT2D eigenvalue weighted by atomic mass is 10.0. The van der Waals surface area contributed by atoms with Gasteiger partial charge in [-0.2, -0.15) is 0 Å². The van der Waals surface area contributed by atoms with Gasteiger partial charge in [-0.25, -0.2) is 0 Å². The average molecular weight is 242 g/mol. The molecule has 0 aliphatic heterocycles. The Balaban J connectivity index is 3.16. The number of nitrogens with two attached hydrogens (primary N) is 2. The van der Waals surface area contributed by atoms with Crippen molar-refractivity contribution in [2.75, 3.05) is 6.54 Å². The van der Waals surface area contributed by atoms with Crippen molar-refractivity contribution >= 4 is 5.78 Å². The van der Waals surface area contributed by atoms with Crippen LogP contribution < -0.4 is 11.5 Å². The summed E-state index contributed by atoms with van der Waals surface area (Å²) in [7, 11) is 0. The van der Waals surface area contributed by atoms with Crippen LogP contribution >= 0.6 is 0 Å². The smallest absolute Gasteiger partial charge is 0.150 e. The first-order valence-corrected chi connectivity index (χ1v) is 7.20. The van der Waals surface area contributed by atoms with Crippen molar-refractivity contribution in [2.45, 2.75) is 77.2 Å². The summed E-state index contributed by atoms with van der Waals surface area (Å²) in [6, 6.07) is -0.441. The van der Waals surface area contributed by atoms with E-state index in [0.717, 1.165) is 12.8 Å². The van der Waals surface area contributed by atoms with E-state index in [1.54, 1.807) is 0 Å². The normalized spacial score (nSPS) is 12.6. The van der Waals surface area contributed by atoms with Crippen LogP contribution in [0.4, 0.5) is 0 Å². The van der Waals surface area contributed by atoms with Crippen LogP contribution in [0.25, 0.3) is 0 Å². The third-order valence-electron chi connectivity index (χ3n) is 3.19. The van der Waals surface area contributed by atoms with E-state index in [1.807, 2.05) is 0 Å². The van der Waals surface area contributed by atoms with E-state index in [-0.39, 0.29) is 12.3 Å². The van der Waals surface area contributed by atoms with Gasteiger partial charge in [0.25, 0.3) is 0 Å². The molecule has 0 radical (unpaired) electrons. The van der Waals surface area contributed by atoms with E-state index in [2.05, 4.69) is 6.92 Å². The fourth-order valence-electron chi connectivity index (χ4n) is 1.93. The number of hydrogen-bond acceptors (Lipinski definition) is 3. The summed E-state index contributed by atoms with van der Waals surface area (Å²) in [6.45, 7) is 2.51. The molecule has 0 rings (SSSR count). The second-order valence-corrected chi connectivity index (χ2v) is 4.89. The maximum absolute atomic E-state index is 11.4. The minimum absolute atomic E-state index is 0.121. The number of unbranched alkanes of at least 4 members (excludes halogenated alkanes) is 8. The molecule has 102 valence electrons. The lowest BCUT2D eigenvalue weighted by Crippen LogP contribution is -2.37. The van der Waals surface area contributed by atoms with E-state index >= 15 is 0 Å². The summed E-state index contributed by atoms with van der Waals surface area (Å²) in [5.41, 5.74) is 10.9. The van der Waals surface area contributed by atoms with Crippen LogP contribution in [0.3, 0.4) is 0 Å². The first kappa shape index (κ1) is 16.6. The number of carbonyl (C=O) groups is 1. The molecule has 17 heavy (non-hydrogen) atoms. The largest absolute Gasteiger partial charge is 0.328 e. The Morgan fingerprint density at radius 2 is 1.41 bits per heavy atom. The molecule has 0 spiro atoms. The van der Waals surface area contributed by atoms with Crippen LogP contribution in [0.5, 0.6) is 0 Å². The molecule has 0 saturated carbocycles. The highest BCUT2D eigenvalue weighted by molar-refractivity contribution is 5.83. The molecular weight excluding hydrogens is 212 g/mol. The summed E-state index contributed by atoms with van der Waals surface area (Å²) >= 11 is 0. The standard InChI is InChI=1S/C14H30N2O/c1-2-3-4-5-6-7-8-9-10-11-14(17)13(16)12-15/h13H,2-12,15-16H2,1H3. The molecule has 0 aromatic carbocycles. The summed E-state index contributed by atoms with van der Waals surface area (Å²) in [4.78, 5) is 11.4. The van der Waals surface area contributed by atoms with Crippen molar-refractivity contribution in [1.29, 1.82) is 0 Å². The summed E-state index contributed by atoms with van der Waals surface area (Å²) < 4.78 is 0. The predicted molar refractivity (Wildman–Crippen MR) is 73.9 cm³/mol. The minimum Gasteiger partial charge on any atom is -0.328 e. The Morgan fingerprint density at radius 1 is 0.941 bits per heavy atom. The first-order chi connectivity index (χ1) is 8.22. The van der Waals surface area contributed by atoms with Crippen LogP contribution in [0.15, 0.2) is 0 Å². The van der Waals surface area contributed by atoms with Crippen LogP contribution in [0.1, 0.15) is 71.1 Å². The summed E-state index contributed by atoms with van der Waals surface area (Å²) in [5.74, 6) is 0.121. The van der Waals surface area contributed by atoms with Crippen LogP contribution in [0, 0.1) is 0 Å². The van der Waals surface area contributed by atoms with Crippen molar-refractivity contribution in [3.8, 4) is 0 Å². The fraction of sp³-hybridized carbons (Fsp3) is 0.929. The highest BCUT2D eigenvalue weighted by Gasteiger charge is 2.09. The highest BCUT2D eigenvalue weighted by atomic mass is 16.1. The predicted octanol–water partition coefficient (Wildman–Crippen LogP) is 2.76. The van der Waals surface area contributed by atoms with Crippen LogP contribution in [0.2, 0.25) is 0 Å². The quantitative estimate of drug-likeness (QED) is 0.517. The number of hydrogen-bond donors (Lipinski definition) is 2. The molecule has 0 fully saturated rings. The molecular formula is C14H30N2O. The second kappa shape index (κ2) is 12.1. The highest BCUT2D eigenvalue weighted by Crippen LogP contribution is 2.10. The van der Waals surface area contributed by atoms with Crippen molar-refractivity contribution in [1.82, 2.24) is 0 Å². The van der Waals surface area contributed by atoms with Gasteiger partial charge in [0.05, 0.1) is 6.04 Å². The van der Waals surface area contributed by atoms with E-state index in [9.17, 15) is 4.79 Å². The molecule has 0 aliphatic carbocycles. The Kier molecular flexibility index (Phi) is 11.8. The summed E-state index contributed by atoms with van der Waals surface area (Å²) in [5, 5.41) is 0. The third-order valence-corrected chi connectivity index (χ3v) is 3.19. The molecule has 4 N–H and O–H groups in total. The van der Waals surface area contributed by atoms with Gasteiger partial charge in [-0.05, 0) is 6.42 Å².